The molecule has 0 aromatic heterocycles. The number of rotatable bonds is 4. The number of halogens is 2. The first-order chi connectivity index (χ1) is 9.72. The molecule has 0 atom stereocenters. The molecule has 1 aromatic carbocycles. The molecule has 0 radical (unpaired) electrons. The maximum atomic E-state index is 13.6. The molecule has 116 valence electrons. The summed E-state index contributed by atoms with van der Waals surface area (Å²) in [7, 11) is 3.18. The van der Waals surface area contributed by atoms with Gasteiger partial charge in [-0.25, -0.2) is 4.39 Å². The zero-order chi connectivity index (χ0) is 14.4. The van der Waals surface area contributed by atoms with Gasteiger partial charge in [-0.2, -0.15) is 0 Å². The highest BCUT2D eigenvalue weighted by molar-refractivity contribution is 14.0. The van der Waals surface area contributed by atoms with Crippen LogP contribution < -0.4 is 15.4 Å². The summed E-state index contributed by atoms with van der Waals surface area (Å²) in [5, 5.41) is 6.51. The van der Waals surface area contributed by atoms with Crippen molar-refractivity contribution in [3.63, 3.8) is 0 Å². The molecule has 1 aliphatic rings. The van der Waals surface area contributed by atoms with E-state index in [1.165, 1.54) is 13.2 Å². The molecule has 0 spiro atoms. The van der Waals surface area contributed by atoms with Crippen molar-refractivity contribution in [3.8, 4) is 5.75 Å². The molecule has 6 heteroatoms. The van der Waals surface area contributed by atoms with E-state index < -0.39 is 0 Å². The number of nitrogens with one attached hydrogen (secondary N) is 2. The Kier molecular flexibility index (Phi) is 7.49. The highest BCUT2D eigenvalue weighted by Crippen LogP contribution is 2.17. The fourth-order valence-electron chi connectivity index (χ4n) is 2.13. The van der Waals surface area contributed by atoms with Crippen molar-refractivity contribution in [1.29, 1.82) is 0 Å². The standard InChI is InChI=1S/C15H20FN3O.HI/c1-17-15(19-12-5-3-4-6-12)18-10-11-7-8-14(20-2)13(16)9-11;/h3-4,7-9,12H,5-6,10H2,1-2H3,(H2,17,18,19);1H. The van der Waals surface area contributed by atoms with Crippen molar-refractivity contribution in [1.82, 2.24) is 10.6 Å². The maximum absolute atomic E-state index is 13.6. The van der Waals surface area contributed by atoms with E-state index in [0.29, 0.717) is 12.6 Å². The molecular formula is C15H21FIN3O. The van der Waals surface area contributed by atoms with Gasteiger partial charge < -0.3 is 15.4 Å². The zero-order valence-corrected chi connectivity index (χ0v) is 14.6. The van der Waals surface area contributed by atoms with Crippen LogP contribution in [0.5, 0.6) is 5.75 Å². The van der Waals surface area contributed by atoms with Gasteiger partial charge in [0, 0.05) is 19.6 Å². The smallest absolute Gasteiger partial charge is 0.191 e. The van der Waals surface area contributed by atoms with Crippen molar-refractivity contribution in [2.24, 2.45) is 4.99 Å². The van der Waals surface area contributed by atoms with Gasteiger partial charge in [0.1, 0.15) is 0 Å². The average molecular weight is 405 g/mol. The van der Waals surface area contributed by atoms with Crippen molar-refractivity contribution in [2.45, 2.75) is 25.4 Å². The topological polar surface area (TPSA) is 45.7 Å². The molecule has 4 nitrogen and oxygen atoms in total. The van der Waals surface area contributed by atoms with Crippen LogP contribution in [0.2, 0.25) is 0 Å². The van der Waals surface area contributed by atoms with E-state index in [-0.39, 0.29) is 35.5 Å². The minimum absolute atomic E-state index is 0. The predicted octanol–water partition coefficient (Wildman–Crippen LogP) is 2.84. The summed E-state index contributed by atoms with van der Waals surface area (Å²) in [6, 6.07) is 5.33. The molecule has 1 aliphatic carbocycles. The molecule has 0 unspecified atom stereocenters. The number of benzene rings is 1. The maximum Gasteiger partial charge on any atom is 0.191 e. The SMILES string of the molecule is CN=C(NCc1ccc(OC)c(F)c1)NC1CC=CC1.I. The fraction of sp³-hybridized carbons (Fsp3) is 0.400. The predicted molar refractivity (Wildman–Crippen MR) is 93.9 cm³/mol. The Bertz CT molecular complexity index is 512. The summed E-state index contributed by atoms with van der Waals surface area (Å²) < 4.78 is 18.5. The van der Waals surface area contributed by atoms with Gasteiger partial charge in [-0.1, -0.05) is 18.2 Å². The van der Waals surface area contributed by atoms with Crippen LogP contribution in [-0.4, -0.2) is 26.2 Å². The number of methoxy groups -OCH3 is 1. The quantitative estimate of drug-likeness (QED) is 0.351. The summed E-state index contributed by atoms with van der Waals surface area (Å²) in [6.45, 7) is 0.515. The second-order valence-electron chi connectivity index (χ2n) is 4.68. The number of guanidine groups is 1. The second kappa shape index (κ2) is 8.86. The molecule has 1 aromatic rings. The third kappa shape index (κ3) is 5.18. The van der Waals surface area contributed by atoms with Crippen LogP contribution in [0.4, 0.5) is 4.39 Å². The molecule has 0 amide bonds. The van der Waals surface area contributed by atoms with Gasteiger partial charge in [-0.15, -0.1) is 24.0 Å². The van der Waals surface area contributed by atoms with E-state index in [1.807, 2.05) is 6.07 Å². The Morgan fingerprint density at radius 1 is 1.38 bits per heavy atom. The van der Waals surface area contributed by atoms with Gasteiger partial charge in [0.25, 0.3) is 0 Å². The lowest BCUT2D eigenvalue weighted by Gasteiger charge is -2.17. The lowest BCUT2D eigenvalue weighted by molar-refractivity contribution is 0.386. The van der Waals surface area contributed by atoms with Crippen LogP contribution in [0.1, 0.15) is 18.4 Å². The minimum atomic E-state index is -0.352. The van der Waals surface area contributed by atoms with Gasteiger partial charge in [-0.3, -0.25) is 4.99 Å². The van der Waals surface area contributed by atoms with Crippen LogP contribution >= 0.6 is 24.0 Å². The van der Waals surface area contributed by atoms with E-state index in [9.17, 15) is 4.39 Å². The highest BCUT2D eigenvalue weighted by atomic mass is 127. The van der Waals surface area contributed by atoms with Gasteiger partial charge in [-0.05, 0) is 30.5 Å². The first-order valence-electron chi connectivity index (χ1n) is 6.67. The number of ether oxygens (including phenoxy) is 1. The van der Waals surface area contributed by atoms with Crippen LogP contribution in [0.3, 0.4) is 0 Å². The van der Waals surface area contributed by atoms with E-state index >= 15 is 0 Å². The second-order valence-corrected chi connectivity index (χ2v) is 4.68. The van der Waals surface area contributed by atoms with E-state index in [1.54, 1.807) is 13.1 Å². The van der Waals surface area contributed by atoms with Crippen molar-refractivity contribution in [3.05, 3.63) is 41.7 Å². The minimum Gasteiger partial charge on any atom is -0.494 e. The highest BCUT2D eigenvalue weighted by Gasteiger charge is 2.11. The summed E-state index contributed by atoms with van der Waals surface area (Å²) in [6.07, 6.45) is 6.34. The van der Waals surface area contributed by atoms with E-state index in [2.05, 4.69) is 27.8 Å². The van der Waals surface area contributed by atoms with Crippen molar-refractivity contribution < 1.29 is 9.13 Å². The molecule has 0 fully saturated rings. The Morgan fingerprint density at radius 3 is 2.67 bits per heavy atom. The van der Waals surface area contributed by atoms with Crippen LogP contribution in [0.15, 0.2) is 35.3 Å². The Hall–Kier alpha value is -1.31. The number of hydrogen-bond acceptors (Lipinski definition) is 2. The Balaban J connectivity index is 0.00000220. The zero-order valence-electron chi connectivity index (χ0n) is 12.2. The summed E-state index contributed by atoms with van der Waals surface area (Å²) >= 11 is 0. The largest absolute Gasteiger partial charge is 0.494 e. The van der Waals surface area contributed by atoms with Crippen LogP contribution in [0.25, 0.3) is 0 Å². The lowest BCUT2D eigenvalue weighted by atomic mass is 10.2. The van der Waals surface area contributed by atoms with Crippen LogP contribution in [0, 0.1) is 5.82 Å². The fourth-order valence-corrected chi connectivity index (χ4v) is 2.13. The van der Waals surface area contributed by atoms with Crippen LogP contribution in [-0.2, 0) is 6.54 Å². The van der Waals surface area contributed by atoms with Crippen molar-refractivity contribution >= 4 is 29.9 Å². The molecule has 2 N–H and O–H groups in total. The molecular weight excluding hydrogens is 384 g/mol. The molecule has 0 aliphatic heterocycles. The van der Waals surface area contributed by atoms with Gasteiger partial charge in [0.05, 0.1) is 7.11 Å². The first-order valence-corrected chi connectivity index (χ1v) is 6.67. The third-order valence-corrected chi connectivity index (χ3v) is 3.25. The lowest BCUT2D eigenvalue weighted by Crippen LogP contribution is -2.42. The van der Waals surface area contributed by atoms with Crippen molar-refractivity contribution in [2.75, 3.05) is 14.2 Å². The van der Waals surface area contributed by atoms with Gasteiger partial charge >= 0.3 is 0 Å². The third-order valence-electron chi connectivity index (χ3n) is 3.25. The summed E-state index contributed by atoms with van der Waals surface area (Å²) in [5.41, 5.74) is 0.843. The number of aliphatic imine (C=N–C) groups is 1. The van der Waals surface area contributed by atoms with E-state index in [4.69, 9.17) is 4.74 Å². The Morgan fingerprint density at radius 2 is 2.10 bits per heavy atom. The molecule has 0 saturated carbocycles. The normalized spacial score (nSPS) is 14.7. The number of hydrogen-bond donors (Lipinski definition) is 2. The summed E-state index contributed by atoms with van der Waals surface area (Å²) in [5.74, 6) is 0.637. The molecule has 0 heterocycles. The molecule has 0 saturated heterocycles. The monoisotopic (exact) mass is 405 g/mol. The first kappa shape index (κ1) is 17.7. The average Bonchev–Trinajstić information content (AvgIpc) is 2.96. The van der Waals surface area contributed by atoms with Gasteiger partial charge in [0.15, 0.2) is 17.5 Å². The van der Waals surface area contributed by atoms with Gasteiger partial charge in [0.2, 0.25) is 0 Å². The Labute approximate surface area is 141 Å². The molecule has 2 rings (SSSR count). The summed E-state index contributed by atoms with van der Waals surface area (Å²) in [4.78, 5) is 4.17. The number of nitrogens with zero attached hydrogens (tertiary/aromatic N) is 1. The molecule has 0 bridgehead atoms. The van der Waals surface area contributed by atoms with E-state index in [0.717, 1.165) is 24.4 Å². The molecule has 21 heavy (non-hydrogen) atoms.